The van der Waals surface area contributed by atoms with Crippen molar-refractivity contribution in [2.24, 2.45) is 0 Å². The zero-order valence-corrected chi connectivity index (χ0v) is 13.2. The Kier molecular flexibility index (Phi) is 4.29. The largest absolute Gasteiger partial charge is 0.478 e. The SMILES string of the molecule is CC(NC(=O)c1ccccc1C(=O)O)c1cccc2ccccc12. The first-order valence-corrected chi connectivity index (χ1v) is 7.69. The summed E-state index contributed by atoms with van der Waals surface area (Å²) < 4.78 is 0. The van der Waals surface area contributed by atoms with Crippen molar-refractivity contribution in [2.75, 3.05) is 0 Å². The molecule has 1 amide bonds. The Bertz CT molecular complexity index is 912. The van der Waals surface area contributed by atoms with E-state index in [9.17, 15) is 14.7 Å². The van der Waals surface area contributed by atoms with Gasteiger partial charge in [-0.15, -0.1) is 0 Å². The summed E-state index contributed by atoms with van der Waals surface area (Å²) in [7, 11) is 0. The van der Waals surface area contributed by atoms with Crippen LogP contribution in [0.5, 0.6) is 0 Å². The number of amides is 1. The van der Waals surface area contributed by atoms with Crippen molar-refractivity contribution in [3.8, 4) is 0 Å². The Labute approximate surface area is 139 Å². The van der Waals surface area contributed by atoms with Gasteiger partial charge in [-0.1, -0.05) is 54.6 Å². The minimum atomic E-state index is -1.11. The van der Waals surface area contributed by atoms with Crippen LogP contribution in [0.25, 0.3) is 10.8 Å². The third-order valence-electron chi connectivity index (χ3n) is 4.04. The van der Waals surface area contributed by atoms with Crippen molar-refractivity contribution in [1.29, 1.82) is 0 Å². The second-order valence-corrected chi connectivity index (χ2v) is 5.61. The van der Waals surface area contributed by atoms with Gasteiger partial charge in [0.2, 0.25) is 0 Å². The van der Waals surface area contributed by atoms with Crippen molar-refractivity contribution in [3.05, 3.63) is 83.4 Å². The molecule has 0 fully saturated rings. The van der Waals surface area contributed by atoms with Crippen LogP contribution in [0.3, 0.4) is 0 Å². The normalized spacial score (nSPS) is 11.9. The van der Waals surface area contributed by atoms with Crippen LogP contribution < -0.4 is 5.32 Å². The van der Waals surface area contributed by atoms with Gasteiger partial charge in [0.05, 0.1) is 17.2 Å². The van der Waals surface area contributed by atoms with Crippen molar-refractivity contribution in [1.82, 2.24) is 5.32 Å². The summed E-state index contributed by atoms with van der Waals surface area (Å²) in [5.41, 5.74) is 1.16. The molecule has 0 saturated heterocycles. The quantitative estimate of drug-likeness (QED) is 0.763. The van der Waals surface area contributed by atoms with Gasteiger partial charge >= 0.3 is 5.97 Å². The summed E-state index contributed by atoms with van der Waals surface area (Å²) in [6, 6.07) is 19.9. The number of benzene rings is 3. The standard InChI is InChI=1S/C20H17NO3/c1-13(15-12-6-8-14-7-2-3-9-16(14)15)21-19(22)17-10-4-5-11-18(17)20(23)24/h2-13H,1H3,(H,21,22)(H,23,24). The maximum atomic E-state index is 12.5. The van der Waals surface area contributed by atoms with Crippen molar-refractivity contribution in [2.45, 2.75) is 13.0 Å². The number of nitrogens with one attached hydrogen (secondary N) is 1. The predicted molar refractivity (Wildman–Crippen MR) is 93.2 cm³/mol. The molecule has 2 N–H and O–H groups in total. The van der Waals surface area contributed by atoms with Gasteiger partial charge in [0.1, 0.15) is 0 Å². The summed E-state index contributed by atoms with van der Waals surface area (Å²) in [4.78, 5) is 23.8. The summed E-state index contributed by atoms with van der Waals surface area (Å²) >= 11 is 0. The van der Waals surface area contributed by atoms with E-state index in [0.29, 0.717) is 0 Å². The lowest BCUT2D eigenvalue weighted by Crippen LogP contribution is -2.28. The van der Waals surface area contributed by atoms with Gasteiger partial charge in [-0.3, -0.25) is 4.79 Å². The van der Waals surface area contributed by atoms with Crippen LogP contribution in [-0.2, 0) is 0 Å². The molecule has 3 aromatic carbocycles. The second kappa shape index (κ2) is 6.54. The fourth-order valence-corrected chi connectivity index (χ4v) is 2.85. The highest BCUT2D eigenvalue weighted by Crippen LogP contribution is 2.24. The second-order valence-electron chi connectivity index (χ2n) is 5.61. The molecule has 4 nitrogen and oxygen atoms in total. The van der Waals surface area contributed by atoms with Crippen LogP contribution in [0.15, 0.2) is 66.7 Å². The van der Waals surface area contributed by atoms with Crippen LogP contribution in [-0.4, -0.2) is 17.0 Å². The molecular formula is C20H17NO3. The van der Waals surface area contributed by atoms with E-state index in [1.807, 2.05) is 49.4 Å². The molecule has 3 aromatic rings. The fraction of sp³-hybridized carbons (Fsp3) is 0.100. The number of carbonyl (C=O) groups is 2. The van der Waals surface area contributed by atoms with Gasteiger partial charge in [-0.2, -0.15) is 0 Å². The first-order chi connectivity index (χ1) is 11.6. The minimum absolute atomic E-state index is 0.000111. The molecule has 0 aliphatic rings. The average molecular weight is 319 g/mol. The summed E-state index contributed by atoms with van der Waals surface area (Å²) in [6.45, 7) is 1.89. The predicted octanol–water partition coefficient (Wildman–Crippen LogP) is 4.03. The van der Waals surface area contributed by atoms with E-state index < -0.39 is 11.9 Å². The summed E-state index contributed by atoms with van der Waals surface area (Å²) in [5.74, 6) is -1.51. The lowest BCUT2D eigenvalue weighted by atomic mass is 9.99. The zero-order valence-electron chi connectivity index (χ0n) is 13.2. The number of carboxylic acids is 1. The molecule has 0 spiro atoms. The third kappa shape index (κ3) is 2.99. The molecule has 3 rings (SSSR count). The lowest BCUT2D eigenvalue weighted by Gasteiger charge is -2.17. The number of rotatable bonds is 4. The van der Waals surface area contributed by atoms with Gasteiger partial charge in [0, 0.05) is 0 Å². The highest BCUT2D eigenvalue weighted by atomic mass is 16.4. The van der Waals surface area contributed by atoms with Crippen LogP contribution in [0.4, 0.5) is 0 Å². The topological polar surface area (TPSA) is 66.4 Å². The summed E-state index contributed by atoms with van der Waals surface area (Å²) in [6.07, 6.45) is 0. The number of fused-ring (bicyclic) bond motifs is 1. The smallest absolute Gasteiger partial charge is 0.336 e. The van der Waals surface area contributed by atoms with Gasteiger partial charge < -0.3 is 10.4 Å². The highest BCUT2D eigenvalue weighted by molar-refractivity contribution is 6.05. The molecule has 1 atom stereocenters. The molecular weight excluding hydrogens is 302 g/mol. The van der Waals surface area contributed by atoms with Crippen molar-refractivity contribution >= 4 is 22.6 Å². The molecule has 0 heterocycles. The Morgan fingerprint density at radius 1 is 0.875 bits per heavy atom. The number of hydrogen-bond donors (Lipinski definition) is 2. The fourth-order valence-electron chi connectivity index (χ4n) is 2.85. The number of carboxylic acid groups (broad SMARTS) is 1. The number of carbonyl (C=O) groups excluding carboxylic acids is 1. The number of hydrogen-bond acceptors (Lipinski definition) is 2. The molecule has 1 unspecified atom stereocenters. The Hall–Kier alpha value is -3.14. The van der Waals surface area contributed by atoms with Crippen LogP contribution >= 0.6 is 0 Å². The lowest BCUT2D eigenvalue weighted by molar-refractivity contribution is 0.0690. The third-order valence-corrected chi connectivity index (χ3v) is 4.04. The van der Waals surface area contributed by atoms with Gasteiger partial charge in [0.25, 0.3) is 5.91 Å². The van der Waals surface area contributed by atoms with Gasteiger partial charge in [-0.05, 0) is 35.4 Å². The maximum absolute atomic E-state index is 12.5. The molecule has 0 radical (unpaired) electrons. The minimum Gasteiger partial charge on any atom is -0.478 e. The molecule has 0 aliphatic carbocycles. The molecule has 0 aromatic heterocycles. The van der Waals surface area contributed by atoms with E-state index in [1.165, 1.54) is 12.1 Å². The van der Waals surface area contributed by atoms with E-state index in [-0.39, 0.29) is 17.2 Å². The highest BCUT2D eigenvalue weighted by Gasteiger charge is 2.18. The van der Waals surface area contributed by atoms with Gasteiger partial charge in [0.15, 0.2) is 0 Å². The monoisotopic (exact) mass is 319 g/mol. The number of aromatic carboxylic acids is 1. The van der Waals surface area contributed by atoms with Crippen LogP contribution in [0.1, 0.15) is 39.2 Å². The molecule has 0 bridgehead atoms. The van der Waals surface area contributed by atoms with E-state index >= 15 is 0 Å². The van der Waals surface area contributed by atoms with E-state index in [1.54, 1.807) is 12.1 Å². The average Bonchev–Trinajstić information content (AvgIpc) is 2.61. The first kappa shape index (κ1) is 15.7. The van der Waals surface area contributed by atoms with Crippen LogP contribution in [0.2, 0.25) is 0 Å². The molecule has 0 aliphatic heterocycles. The maximum Gasteiger partial charge on any atom is 0.336 e. The molecule has 0 saturated carbocycles. The first-order valence-electron chi connectivity index (χ1n) is 7.69. The van der Waals surface area contributed by atoms with Crippen molar-refractivity contribution in [3.63, 3.8) is 0 Å². The summed E-state index contributed by atoms with van der Waals surface area (Å²) in [5, 5.41) is 14.3. The Balaban J connectivity index is 1.91. The molecule has 24 heavy (non-hydrogen) atoms. The zero-order chi connectivity index (χ0) is 17.1. The molecule has 120 valence electrons. The Morgan fingerprint density at radius 3 is 2.25 bits per heavy atom. The van der Waals surface area contributed by atoms with E-state index in [2.05, 4.69) is 5.32 Å². The van der Waals surface area contributed by atoms with Crippen LogP contribution in [0, 0.1) is 0 Å². The van der Waals surface area contributed by atoms with Gasteiger partial charge in [-0.25, -0.2) is 4.79 Å². The van der Waals surface area contributed by atoms with E-state index in [4.69, 9.17) is 0 Å². The van der Waals surface area contributed by atoms with Crippen molar-refractivity contribution < 1.29 is 14.7 Å². The Morgan fingerprint density at radius 2 is 1.50 bits per heavy atom. The van der Waals surface area contributed by atoms with E-state index in [0.717, 1.165) is 16.3 Å². The molecule has 4 heteroatoms.